The zero-order chi connectivity index (χ0) is 10.1. The van der Waals surface area contributed by atoms with Gasteiger partial charge < -0.3 is 5.11 Å². The molecule has 0 aliphatic rings. The van der Waals surface area contributed by atoms with E-state index in [-0.39, 0.29) is 11.5 Å². The Balaban J connectivity index is 3.17. The lowest BCUT2D eigenvalue weighted by Crippen LogP contribution is -1.93. The van der Waals surface area contributed by atoms with Gasteiger partial charge in [-0.3, -0.25) is 9.59 Å². The average molecular weight is 202 g/mol. The number of aliphatic carboxylic acids is 1. The van der Waals surface area contributed by atoms with Gasteiger partial charge in [0.15, 0.2) is 0 Å². The van der Waals surface area contributed by atoms with Crippen LogP contribution in [0.25, 0.3) is 0 Å². The lowest BCUT2D eigenvalue weighted by Gasteiger charge is -1.94. The molecule has 0 saturated heterocycles. The Kier molecular flexibility index (Phi) is 7.39. The molecule has 3 nitrogen and oxygen atoms in total. The molecule has 1 N–H and O–H groups in total. The summed E-state index contributed by atoms with van der Waals surface area (Å²) in [4.78, 5) is 20.4. The molecular weight excluding hydrogens is 188 g/mol. The summed E-state index contributed by atoms with van der Waals surface area (Å²) in [5.41, 5.74) is 0. The van der Waals surface area contributed by atoms with Crippen molar-refractivity contribution < 1.29 is 14.7 Å². The first-order chi connectivity index (χ1) is 6.13. The van der Waals surface area contributed by atoms with Gasteiger partial charge in [0.2, 0.25) is 5.12 Å². The molecule has 0 fully saturated rings. The van der Waals surface area contributed by atoms with Crippen molar-refractivity contribution in [1.29, 1.82) is 0 Å². The van der Waals surface area contributed by atoms with E-state index >= 15 is 0 Å². The van der Waals surface area contributed by atoms with E-state index in [0.717, 1.165) is 19.3 Å². The number of hydrogen-bond donors (Lipinski definition) is 2. The van der Waals surface area contributed by atoms with E-state index in [2.05, 4.69) is 12.6 Å². The summed E-state index contributed by atoms with van der Waals surface area (Å²) in [5.74, 6) is -0.749. The molecule has 0 atom stereocenters. The molecule has 0 aliphatic carbocycles. The maximum Gasteiger partial charge on any atom is 0.303 e. The summed E-state index contributed by atoms with van der Waals surface area (Å²) in [6, 6.07) is 0. The van der Waals surface area contributed by atoms with Crippen LogP contribution in [0.1, 0.15) is 32.1 Å². The monoisotopic (exact) mass is 202 g/mol. The van der Waals surface area contributed by atoms with E-state index in [1.807, 2.05) is 0 Å². The van der Waals surface area contributed by atoms with Crippen LogP contribution in [-0.2, 0) is 9.59 Å². The van der Waals surface area contributed by atoms with Gasteiger partial charge in [-0.1, -0.05) is 12.5 Å². The van der Waals surface area contributed by atoms with Gasteiger partial charge in [0.1, 0.15) is 0 Å². The van der Waals surface area contributed by atoms with Crippen LogP contribution in [0.4, 0.5) is 0 Å². The minimum Gasteiger partial charge on any atom is -0.481 e. The molecule has 0 aromatic heterocycles. The van der Waals surface area contributed by atoms with E-state index in [9.17, 15) is 9.59 Å². The first kappa shape index (κ1) is 12.2. The number of carboxylic acids is 1. The highest BCUT2D eigenvalue weighted by atomic mass is 32.1. The molecule has 0 bridgehead atoms. The van der Waals surface area contributed by atoms with Crippen molar-refractivity contribution in [1.82, 2.24) is 0 Å². The summed E-state index contributed by atoms with van der Waals surface area (Å²) in [6.07, 6.45) is 6.73. The number of carboxylic acid groups (broad SMARTS) is 1. The van der Waals surface area contributed by atoms with Crippen LogP contribution >= 0.6 is 12.6 Å². The zero-order valence-corrected chi connectivity index (χ0v) is 8.30. The van der Waals surface area contributed by atoms with Gasteiger partial charge in [-0.15, -0.1) is 12.6 Å². The van der Waals surface area contributed by atoms with E-state index in [4.69, 9.17) is 5.11 Å². The van der Waals surface area contributed by atoms with E-state index in [0.29, 0.717) is 6.42 Å². The molecule has 0 aromatic carbocycles. The lowest BCUT2D eigenvalue weighted by atomic mass is 10.1. The predicted molar refractivity (Wildman–Crippen MR) is 53.9 cm³/mol. The molecule has 0 spiro atoms. The van der Waals surface area contributed by atoms with Crippen LogP contribution in [0.3, 0.4) is 0 Å². The van der Waals surface area contributed by atoms with E-state index in [1.54, 1.807) is 6.08 Å². The van der Waals surface area contributed by atoms with Crippen molar-refractivity contribution in [3.8, 4) is 0 Å². The van der Waals surface area contributed by atoms with Gasteiger partial charge in [-0.25, -0.2) is 0 Å². The van der Waals surface area contributed by atoms with Crippen LogP contribution in [0, 0.1) is 0 Å². The van der Waals surface area contributed by atoms with Gasteiger partial charge >= 0.3 is 5.97 Å². The molecule has 4 heteroatoms. The Morgan fingerprint density at radius 3 is 2.46 bits per heavy atom. The Labute approximate surface area is 83.2 Å². The van der Waals surface area contributed by atoms with E-state index in [1.165, 1.54) is 6.08 Å². The first-order valence-electron chi connectivity index (χ1n) is 4.24. The van der Waals surface area contributed by atoms with Crippen molar-refractivity contribution >= 4 is 23.7 Å². The minimum absolute atomic E-state index is 0.231. The summed E-state index contributed by atoms with van der Waals surface area (Å²) < 4.78 is 0. The highest BCUT2D eigenvalue weighted by Crippen LogP contribution is 2.03. The third kappa shape index (κ3) is 11.2. The van der Waals surface area contributed by atoms with Crippen molar-refractivity contribution in [2.24, 2.45) is 0 Å². The number of unbranched alkanes of at least 4 members (excludes halogenated alkanes) is 3. The molecule has 74 valence electrons. The maximum atomic E-state index is 10.3. The third-order valence-electron chi connectivity index (χ3n) is 1.52. The average Bonchev–Trinajstić information content (AvgIpc) is 2.01. The largest absolute Gasteiger partial charge is 0.481 e. The molecule has 0 radical (unpaired) electrons. The van der Waals surface area contributed by atoms with Gasteiger partial charge in [0.25, 0.3) is 0 Å². The maximum absolute atomic E-state index is 10.3. The van der Waals surface area contributed by atoms with Gasteiger partial charge in [0, 0.05) is 6.42 Å². The van der Waals surface area contributed by atoms with Crippen LogP contribution in [0.5, 0.6) is 0 Å². The number of carbonyl (C=O) groups is 2. The van der Waals surface area contributed by atoms with Crippen LogP contribution < -0.4 is 0 Å². The van der Waals surface area contributed by atoms with Gasteiger partial charge in [0.05, 0.1) is 0 Å². The lowest BCUT2D eigenvalue weighted by molar-refractivity contribution is -0.137. The standard InChI is InChI=1S/C9H14O3S/c10-8(11)6-4-2-1-3-5-7-9(12)13/h5,7H,1-4,6H2,(H,10,11)(H,12,13)/b7-5+. The van der Waals surface area contributed by atoms with Crippen LogP contribution in [0.2, 0.25) is 0 Å². The van der Waals surface area contributed by atoms with Crippen LogP contribution in [-0.4, -0.2) is 16.2 Å². The van der Waals surface area contributed by atoms with Gasteiger partial charge in [-0.2, -0.15) is 0 Å². The third-order valence-corrected chi connectivity index (χ3v) is 1.67. The second-order valence-electron chi connectivity index (χ2n) is 2.73. The Bertz CT molecular complexity index is 199. The van der Waals surface area contributed by atoms with Gasteiger partial charge in [-0.05, 0) is 25.3 Å². The smallest absolute Gasteiger partial charge is 0.303 e. The second kappa shape index (κ2) is 7.86. The molecule has 0 unspecified atom stereocenters. The highest BCUT2D eigenvalue weighted by molar-refractivity contribution is 7.97. The van der Waals surface area contributed by atoms with Crippen molar-refractivity contribution in [3.63, 3.8) is 0 Å². The Morgan fingerprint density at radius 2 is 1.92 bits per heavy atom. The van der Waals surface area contributed by atoms with E-state index < -0.39 is 5.97 Å². The number of carbonyl (C=O) groups excluding carboxylic acids is 1. The molecule has 0 rings (SSSR count). The summed E-state index contributed by atoms with van der Waals surface area (Å²) in [6.45, 7) is 0. The Hall–Kier alpha value is -0.770. The Morgan fingerprint density at radius 1 is 1.23 bits per heavy atom. The highest BCUT2D eigenvalue weighted by Gasteiger charge is 1.94. The minimum atomic E-state index is -0.749. The van der Waals surface area contributed by atoms with Crippen molar-refractivity contribution in [3.05, 3.63) is 12.2 Å². The SMILES string of the molecule is O=C(S)/C=C/CCCCCC(=O)O. The summed E-state index contributed by atoms with van der Waals surface area (Å²) in [7, 11) is 0. The summed E-state index contributed by atoms with van der Waals surface area (Å²) >= 11 is 3.56. The fourth-order valence-electron chi connectivity index (χ4n) is 0.899. The van der Waals surface area contributed by atoms with Crippen molar-refractivity contribution in [2.45, 2.75) is 32.1 Å². The number of hydrogen-bond acceptors (Lipinski definition) is 2. The molecule has 0 aromatic rings. The quantitative estimate of drug-likeness (QED) is 0.377. The topological polar surface area (TPSA) is 54.4 Å². The number of allylic oxidation sites excluding steroid dienone is 1. The molecule has 0 amide bonds. The normalized spacial score (nSPS) is 10.5. The zero-order valence-electron chi connectivity index (χ0n) is 7.40. The predicted octanol–water partition coefficient (Wildman–Crippen LogP) is 2.03. The van der Waals surface area contributed by atoms with Crippen molar-refractivity contribution in [2.75, 3.05) is 0 Å². The fraction of sp³-hybridized carbons (Fsp3) is 0.556. The van der Waals surface area contributed by atoms with Crippen LogP contribution in [0.15, 0.2) is 12.2 Å². The second-order valence-corrected chi connectivity index (χ2v) is 3.17. The number of rotatable bonds is 7. The molecule has 0 heterocycles. The first-order valence-corrected chi connectivity index (χ1v) is 4.69. The number of thiol groups is 1. The molecule has 0 saturated carbocycles. The molecule has 0 aliphatic heterocycles. The molecular formula is C9H14O3S. The fourth-order valence-corrected chi connectivity index (χ4v) is 1.00. The summed E-state index contributed by atoms with van der Waals surface area (Å²) in [5, 5.41) is 8.08. The molecule has 13 heavy (non-hydrogen) atoms.